The highest BCUT2D eigenvalue weighted by molar-refractivity contribution is 6.06. The molecular weight excluding hydrogens is 543 g/mol. The first-order valence-electron chi connectivity index (χ1n) is 13.9. The molecule has 224 valence electrons. The van der Waals surface area contributed by atoms with Gasteiger partial charge in [-0.15, -0.1) is 0 Å². The molecule has 1 saturated heterocycles. The lowest BCUT2D eigenvalue weighted by atomic mass is 9.84. The summed E-state index contributed by atoms with van der Waals surface area (Å²) >= 11 is 0. The number of nitrogens with zero attached hydrogens (tertiary/aromatic N) is 3. The second kappa shape index (κ2) is 12.3. The maximum atomic E-state index is 15.3. The standard InChI is InChI=1S/C31H37FN4O6/c1-31(2,3)21-11-19(12-22(35-9-8-18(14-33)15-35)28(21)42-10-6-7-25(38)39)23(37)17-36-16-20-13-24(40-4)29(41-5)27(32)26(20)30(36)34/h11-13,18,34H,6-10,15-17H2,1-5H3,(H,38,39). The van der Waals surface area contributed by atoms with E-state index in [0.29, 0.717) is 48.5 Å². The predicted octanol–water partition coefficient (Wildman–Crippen LogP) is 4.76. The van der Waals surface area contributed by atoms with Gasteiger partial charge in [0.1, 0.15) is 11.6 Å². The van der Waals surface area contributed by atoms with Crippen molar-refractivity contribution in [2.24, 2.45) is 5.92 Å². The molecule has 1 unspecified atom stereocenters. The number of hydrogen-bond acceptors (Lipinski definition) is 8. The molecule has 2 heterocycles. The van der Waals surface area contributed by atoms with E-state index in [1.54, 1.807) is 18.2 Å². The number of ether oxygens (including phenoxy) is 3. The summed E-state index contributed by atoms with van der Waals surface area (Å²) in [5.41, 5.74) is 2.05. The molecule has 2 N–H and O–H groups in total. The molecule has 4 rings (SSSR count). The first kappa shape index (κ1) is 30.6. The number of rotatable bonds is 11. The fourth-order valence-electron chi connectivity index (χ4n) is 5.42. The topological polar surface area (TPSA) is 136 Å². The summed E-state index contributed by atoms with van der Waals surface area (Å²) in [6, 6.07) is 7.49. The number of carboxylic acids is 1. The van der Waals surface area contributed by atoms with E-state index in [9.17, 15) is 14.9 Å². The number of amidine groups is 1. The van der Waals surface area contributed by atoms with Crippen LogP contribution < -0.4 is 19.1 Å². The van der Waals surface area contributed by atoms with E-state index < -0.39 is 17.2 Å². The van der Waals surface area contributed by atoms with Gasteiger partial charge in [-0.25, -0.2) is 4.39 Å². The Kier molecular flexibility index (Phi) is 8.95. The second-order valence-corrected chi connectivity index (χ2v) is 11.6. The minimum atomic E-state index is -0.904. The van der Waals surface area contributed by atoms with Crippen LogP contribution in [0.15, 0.2) is 18.2 Å². The minimum Gasteiger partial charge on any atom is -0.493 e. The SMILES string of the molecule is COc1cc2c(c(F)c1OC)C(=N)N(CC(=O)c1cc(N3CCC(C#N)C3)c(OCCCC(=O)O)c(C(C)(C)C)c1)C2. The average Bonchev–Trinajstić information content (AvgIpc) is 3.54. The summed E-state index contributed by atoms with van der Waals surface area (Å²) in [6.07, 6.45) is 0.975. The number of carbonyl (C=O) groups is 2. The van der Waals surface area contributed by atoms with Gasteiger partial charge in [-0.3, -0.25) is 15.0 Å². The second-order valence-electron chi connectivity index (χ2n) is 11.6. The molecule has 2 aromatic carbocycles. The van der Waals surface area contributed by atoms with Gasteiger partial charge in [0.2, 0.25) is 0 Å². The summed E-state index contributed by atoms with van der Waals surface area (Å²) < 4.78 is 31.9. The Labute approximate surface area is 245 Å². The molecule has 0 aliphatic carbocycles. The molecule has 2 aliphatic rings. The number of carbonyl (C=O) groups excluding carboxylic acids is 1. The zero-order valence-electron chi connectivity index (χ0n) is 24.7. The predicted molar refractivity (Wildman–Crippen MR) is 155 cm³/mol. The molecule has 1 atom stereocenters. The molecule has 0 aromatic heterocycles. The summed E-state index contributed by atoms with van der Waals surface area (Å²) in [5, 5.41) is 27.2. The Bertz CT molecular complexity index is 1440. The van der Waals surface area contributed by atoms with Gasteiger partial charge in [0, 0.05) is 37.2 Å². The number of fused-ring (bicyclic) bond motifs is 1. The van der Waals surface area contributed by atoms with Crippen LogP contribution in [0.5, 0.6) is 17.2 Å². The van der Waals surface area contributed by atoms with Crippen LogP contribution in [-0.2, 0) is 16.8 Å². The van der Waals surface area contributed by atoms with Crippen molar-refractivity contribution in [2.45, 2.75) is 52.0 Å². The lowest BCUT2D eigenvalue weighted by Gasteiger charge is -2.30. The molecule has 0 saturated carbocycles. The van der Waals surface area contributed by atoms with Crippen LogP contribution in [0.4, 0.5) is 10.1 Å². The first-order valence-corrected chi connectivity index (χ1v) is 13.9. The van der Waals surface area contributed by atoms with Crippen LogP contribution in [0.1, 0.15) is 67.1 Å². The molecule has 0 spiro atoms. The maximum absolute atomic E-state index is 15.3. The first-order chi connectivity index (χ1) is 19.9. The van der Waals surface area contributed by atoms with Gasteiger partial charge in [-0.2, -0.15) is 5.26 Å². The highest BCUT2D eigenvalue weighted by Gasteiger charge is 2.34. The number of nitrogens with one attached hydrogen (secondary N) is 1. The Morgan fingerprint density at radius 2 is 1.93 bits per heavy atom. The Morgan fingerprint density at radius 1 is 1.19 bits per heavy atom. The van der Waals surface area contributed by atoms with Crippen LogP contribution >= 0.6 is 0 Å². The van der Waals surface area contributed by atoms with Crippen LogP contribution in [0, 0.1) is 28.5 Å². The molecule has 0 bridgehead atoms. The largest absolute Gasteiger partial charge is 0.493 e. The highest BCUT2D eigenvalue weighted by atomic mass is 19.1. The van der Waals surface area contributed by atoms with Crippen molar-refractivity contribution < 1.29 is 33.3 Å². The van der Waals surface area contributed by atoms with Crippen molar-refractivity contribution in [1.82, 2.24) is 4.90 Å². The normalized spacial score (nSPS) is 16.3. The molecule has 10 nitrogen and oxygen atoms in total. The van der Waals surface area contributed by atoms with Gasteiger partial charge in [0.25, 0.3) is 0 Å². The molecule has 0 radical (unpaired) electrons. The summed E-state index contributed by atoms with van der Waals surface area (Å²) in [4.78, 5) is 28.4. The third kappa shape index (κ3) is 6.12. The van der Waals surface area contributed by atoms with Gasteiger partial charge in [-0.05, 0) is 42.0 Å². The van der Waals surface area contributed by atoms with Gasteiger partial charge < -0.3 is 29.1 Å². The number of nitriles is 1. The van der Waals surface area contributed by atoms with E-state index in [-0.39, 0.29) is 60.7 Å². The van der Waals surface area contributed by atoms with Crippen LogP contribution in [-0.4, -0.2) is 68.1 Å². The van der Waals surface area contributed by atoms with E-state index in [1.165, 1.54) is 19.1 Å². The highest BCUT2D eigenvalue weighted by Crippen LogP contribution is 2.43. The number of aliphatic carboxylic acids is 1. The van der Waals surface area contributed by atoms with E-state index >= 15 is 4.39 Å². The van der Waals surface area contributed by atoms with Gasteiger partial charge in [0.15, 0.2) is 23.1 Å². The quantitative estimate of drug-likeness (QED) is 0.285. The number of methoxy groups -OCH3 is 2. The van der Waals surface area contributed by atoms with Gasteiger partial charge in [0.05, 0.1) is 50.6 Å². The van der Waals surface area contributed by atoms with E-state index in [1.807, 2.05) is 25.7 Å². The molecular formula is C31H37FN4O6. The number of anilines is 1. The molecule has 2 aromatic rings. The number of hydrogen-bond donors (Lipinski definition) is 2. The zero-order valence-corrected chi connectivity index (χ0v) is 24.7. The van der Waals surface area contributed by atoms with Crippen molar-refractivity contribution in [2.75, 3.05) is 45.4 Å². The smallest absolute Gasteiger partial charge is 0.303 e. The van der Waals surface area contributed by atoms with Gasteiger partial charge in [-0.1, -0.05) is 20.8 Å². The Hall–Kier alpha value is -4.33. The number of Topliss-reactive ketones (excluding diaryl/α,β-unsaturated/α-hetero) is 1. The van der Waals surface area contributed by atoms with E-state index in [0.717, 1.165) is 5.56 Å². The van der Waals surface area contributed by atoms with Crippen LogP contribution in [0.3, 0.4) is 0 Å². The zero-order chi connectivity index (χ0) is 30.8. The van der Waals surface area contributed by atoms with Crippen LogP contribution in [0.25, 0.3) is 0 Å². The number of carboxylic acid groups (broad SMARTS) is 1. The summed E-state index contributed by atoms with van der Waals surface area (Å²) in [5.74, 6) is -1.42. The Balaban J connectivity index is 1.68. The van der Waals surface area contributed by atoms with Crippen LogP contribution in [0.2, 0.25) is 0 Å². The maximum Gasteiger partial charge on any atom is 0.303 e. The van der Waals surface area contributed by atoms with E-state index in [4.69, 9.17) is 24.7 Å². The van der Waals surface area contributed by atoms with Crippen molar-refractivity contribution in [1.29, 1.82) is 10.7 Å². The van der Waals surface area contributed by atoms with Gasteiger partial charge >= 0.3 is 5.97 Å². The monoisotopic (exact) mass is 580 g/mol. The number of ketones is 1. The minimum absolute atomic E-state index is 0.0283. The summed E-state index contributed by atoms with van der Waals surface area (Å²) in [7, 11) is 2.74. The number of halogens is 1. The lowest BCUT2D eigenvalue weighted by molar-refractivity contribution is -0.137. The fourth-order valence-corrected chi connectivity index (χ4v) is 5.42. The third-order valence-electron chi connectivity index (χ3n) is 7.63. The Morgan fingerprint density at radius 3 is 2.52 bits per heavy atom. The van der Waals surface area contributed by atoms with E-state index in [2.05, 4.69) is 6.07 Å². The van der Waals surface area contributed by atoms with Crippen molar-refractivity contribution >= 4 is 23.3 Å². The number of benzene rings is 2. The van der Waals surface area contributed by atoms with Crippen molar-refractivity contribution in [3.8, 4) is 23.3 Å². The third-order valence-corrected chi connectivity index (χ3v) is 7.63. The molecule has 1 fully saturated rings. The molecule has 2 aliphatic heterocycles. The molecule has 0 amide bonds. The molecule has 11 heteroatoms. The average molecular weight is 581 g/mol. The lowest BCUT2D eigenvalue weighted by Crippen LogP contribution is -2.31. The van der Waals surface area contributed by atoms with Crippen molar-refractivity contribution in [3.63, 3.8) is 0 Å². The molecule has 42 heavy (non-hydrogen) atoms. The fraction of sp³-hybridized carbons (Fsp3) is 0.484. The van der Waals surface area contributed by atoms with Crippen molar-refractivity contribution in [3.05, 3.63) is 46.3 Å². The summed E-state index contributed by atoms with van der Waals surface area (Å²) in [6.45, 7) is 7.30.